The van der Waals surface area contributed by atoms with E-state index in [1.54, 1.807) is 12.1 Å². The molecule has 30 heavy (non-hydrogen) atoms. The van der Waals surface area contributed by atoms with Crippen molar-refractivity contribution in [1.29, 1.82) is 0 Å². The number of fused-ring (bicyclic) bond motifs is 1. The number of imide groups is 1. The average Bonchev–Trinajstić information content (AvgIpc) is 2.98. The van der Waals surface area contributed by atoms with Gasteiger partial charge in [0, 0.05) is 30.8 Å². The number of ether oxygens (including phenoxy) is 1. The zero-order valence-corrected chi connectivity index (χ0v) is 15.5. The van der Waals surface area contributed by atoms with Gasteiger partial charge in [0.2, 0.25) is 0 Å². The van der Waals surface area contributed by atoms with Crippen LogP contribution in [0.5, 0.6) is 0 Å². The van der Waals surface area contributed by atoms with Crippen LogP contribution in [0.25, 0.3) is 0 Å². The quantitative estimate of drug-likeness (QED) is 0.764. The first-order valence-electron chi connectivity index (χ1n) is 8.67. The predicted molar refractivity (Wildman–Crippen MR) is 97.4 cm³/mol. The number of aromatic nitrogens is 2. The van der Waals surface area contributed by atoms with Crippen LogP contribution in [0.15, 0.2) is 59.8 Å². The number of halogens is 3. The van der Waals surface area contributed by atoms with Crippen LogP contribution in [-0.4, -0.2) is 58.1 Å². The molecule has 0 radical (unpaired) electrons. The van der Waals surface area contributed by atoms with Crippen molar-refractivity contribution in [2.24, 2.45) is 4.99 Å². The molecule has 2 aliphatic heterocycles. The van der Waals surface area contributed by atoms with Gasteiger partial charge in [0.1, 0.15) is 6.33 Å². The average molecular weight is 417 g/mol. The Morgan fingerprint density at radius 2 is 1.70 bits per heavy atom. The minimum atomic E-state index is -4.94. The van der Waals surface area contributed by atoms with Crippen molar-refractivity contribution in [3.63, 3.8) is 0 Å². The normalized spacial score (nSPS) is 21.1. The van der Waals surface area contributed by atoms with E-state index in [0.29, 0.717) is 0 Å². The Hall–Kier alpha value is -3.60. The summed E-state index contributed by atoms with van der Waals surface area (Å²) >= 11 is 0. The highest BCUT2D eigenvalue weighted by atomic mass is 19.4. The zero-order valence-electron chi connectivity index (χ0n) is 15.5. The highest BCUT2D eigenvalue weighted by Gasteiger charge is 2.58. The third-order valence-corrected chi connectivity index (χ3v) is 4.66. The van der Waals surface area contributed by atoms with Crippen molar-refractivity contribution in [2.75, 3.05) is 13.7 Å². The molecule has 1 atom stereocenters. The van der Waals surface area contributed by atoms with Gasteiger partial charge in [0.25, 0.3) is 11.8 Å². The summed E-state index contributed by atoms with van der Waals surface area (Å²) in [6, 6.07) is 6.18. The van der Waals surface area contributed by atoms with E-state index < -0.39 is 30.4 Å². The molecule has 1 unspecified atom stereocenters. The molecular formula is C19H14F3N5O3. The number of nitrogens with zero attached hydrogens (tertiary/aromatic N) is 4. The molecule has 11 heteroatoms. The Morgan fingerprint density at radius 1 is 1.10 bits per heavy atom. The lowest BCUT2D eigenvalue weighted by Gasteiger charge is -2.36. The third kappa shape index (κ3) is 3.12. The van der Waals surface area contributed by atoms with Crippen molar-refractivity contribution in [2.45, 2.75) is 12.0 Å². The molecule has 154 valence electrons. The largest absolute Gasteiger partial charge is 0.460 e. The molecule has 0 saturated carbocycles. The van der Waals surface area contributed by atoms with Crippen LogP contribution in [0, 0.1) is 0 Å². The summed E-state index contributed by atoms with van der Waals surface area (Å²) in [5.41, 5.74) is 0.401. The second kappa shape index (κ2) is 7.02. The van der Waals surface area contributed by atoms with Crippen molar-refractivity contribution >= 4 is 17.5 Å². The third-order valence-electron chi connectivity index (χ3n) is 4.66. The number of methoxy groups -OCH3 is 1. The number of benzene rings is 1. The predicted octanol–water partition coefficient (Wildman–Crippen LogP) is 1.91. The molecule has 4 rings (SSSR count). The van der Waals surface area contributed by atoms with Crippen molar-refractivity contribution in [1.82, 2.24) is 20.2 Å². The number of carbonyl (C=O) groups is 2. The monoisotopic (exact) mass is 417 g/mol. The smallest absolute Gasteiger partial charge is 0.333 e. The number of carbonyl (C=O) groups excluding carboxylic acids is 2. The van der Waals surface area contributed by atoms with Crippen molar-refractivity contribution in [3.8, 4) is 0 Å². The molecule has 3 heterocycles. The Bertz CT molecular complexity index is 1050. The van der Waals surface area contributed by atoms with Gasteiger partial charge >= 0.3 is 12.0 Å². The van der Waals surface area contributed by atoms with Gasteiger partial charge in [-0.1, -0.05) is 12.1 Å². The number of amides is 2. The number of nitrogens with one attached hydrogen (secondary N) is 1. The fraction of sp³-hybridized carbons (Fsp3) is 0.211. The molecule has 0 spiro atoms. The highest BCUT2D eigenvalue weighted by molar-refractivity contribution is 6.21. The summed E-state index contributed by atoms with van der Waals surface area (Å²) in [5, 5.41) is 2.19. The van der Waals surface area contributed by atoms with Crippen molar-refractivity contribution in [3.05, 3.63) is 71.4 Å². The van der Waals surface area contributed by atoms with E-state index in [-0.39, 0.29) is 28.1 Å². The van der Waals surface area contributed by atoms with Gasteiger partial charge in [-0.25, -0.2) is 15.0 Å². The Balaban J connectivity index is 1.73. The van der Waals surface area contributed by atoms with Crippen LogP contribution in [0.2, 0.25) is 0 Å². The number of aliphatic imine (C=N–C) groups is 1. The van der Waals surface area contributed by atoms with E-state index in [1.165, 1.54) is 36.9 Å². The molecule has 0 bridgehead atoms. The SMILES string of the molecule is COC1(C(F)(F)F)N=C(c2cncnc2)C=C(CN2C(=O)c3ccccc3C2=O)N1. The minimum Gasteiger partial charge on any atom is -0.333 e. The van der Waals surface area contributed by atoms with Gasteiger partial charge in [-0.15, -0.1) is 0 Å². The number of hydrogen-bond donors (Lipinski definition) is 1. The standard InChI is InChI=1S/C19H14F3N5O3/c1-30-19(18(20,21)22)25-12(6-15(26-19)11-7-23-10-24-8-11)9-27-16(28)13-4-2-3-5-14(13)17(27)29/h2-8,10,25H,9H2,1H3. The minimum absolute atomic E-state index is 0.0856. The molecule has 0 fully saturated rings. The lowest BCUT2D eigenvalue weighted by molar-refractivity contribution is -0.276. The van der Waals surface area contributed by atoms with Gasteiger partial charge in [-0.2, -0.15) is 13.2 Å². The first-order chi connectivity index (χ1) is 14.3. The Labute approximate surface area is 168 Å². The van der Waals surface area contributed by atoms with E-state index in [9.17, 15) is 22.8 Å². The summed E-state index contributed by atoms with van der Waals surface area (Å²) in [4.78, 5) is 37.4. The maximum Gasteiger partial charge on any atom is 0.460 e. The summed E-state index contributed by atoms with van der Waals surface area (Å²) < 4.78 is 46.2. The summed E-state index contributed by atoms with van der Waals surface area (Å²) in [6.07, 6.45) is 0.172. The summed E-state index contributed by atoms with van der Waals surface area (Å²) in [7, 11) is 0.855. The maximum atomic E-state index is 13.8. The number of alkyl halides is 3. The molecule has 2 amide bonds. The van der Waals surface area contributed by atoms with Crippen molar-refractivity contribution < 1.29 is 27.5 Å². The molecular weight excluding hydrogens is 403 g/mol. The number of rotatable bonds is 4. The topological polar surface area (TPSA) is 96.8 Å². The van der Waals surface area contributed by atoms with Crippen LogP contribution in [0.4, 0.5) is 13.2 Å². The van der Waals surface area contributed by atoms with E-state index >= 15 is 0 Å². The number of allylic oxidation sites excluding steroid dienone is 1. The van der Waals surface area contributed by atoms with Gasteiger partial charge in [-0.3, -0.25) is 14.5 Å². The van der Waals surface area contributed by atoms with Crippen LogP contribution < -0.4 is 5.32 Å². The molecule has 2 aromatic rings. The molecule has 1 aromatic heterocycles. The van der Waals surface area contributed by atoms with Gasteiger partial charge < -0.3 is 10.1 Å². The lowest BCUT2D eigenvalue weighted by Crippen LogP contribution is -2.59. The van der Waals surface area contributed by atoms with Crippen LogP contribution >= 0.6 is 0 Å². The van der Waals surface area contributed by atoms with E-state index in [1.807, 2.05) is 0 Å². The molecule has 0 aliphatic carbocycles. The van der Waals surface area contributed by atoms with Crippen LogP contribution in [-0.2, 0) is 4.74 Å². The Kier molecular flexibility index (Phi) is 4.61. The molecule has 1 N–H and O–H groups in total. The van der Waals surface area contributed by atoms with Gasteiger partial charge in [-0.05, 0) is 18.2 Å². The van der Waals surface area contributed by atoms with Gasteiger partial charge in [0.15, 0.2) is 0 Å². The summed E-state index contributed by atoms with van der Waals surface area (Å²) in [6.45, 7) is -0.430. The molecule has 2 aliphatic rings. The summed E-state index contributed by atoms with van der Waals surface area (Å²) in [5.74, 6) is -4.29. The van der Waals surface area contributed by atoms with Crippen LogP contribution in [0.3, 0.4) is 0 Å². The Morgan fingerprint density at radius 3 is 2.23 bits per heavy atom. The first-order valence-corrected chi connectivity index (χ1v) is 8.67. The first kappa shape index (κ1) is 19.7. The zero-order chi connectivity index (χ0) is 21.5. The second-order valence-corrected chi connectivity index (χ2v) is 6.51. The second-order valence-electron chi connectivity index (χ2n) is 6.51. The van der Waals surface area contributed by atoms with E-state index in [2.05, 4.69) is 20.3 Å². The lowest BCUT2D eigenvalue weighted by atomic mass is 10.1. The highest BCUT2D eigenvalue weighted by Crippen LogP contribution is 2.36. The fourth-order valence-corrected chi connectivity index (χ4v) is 3.21. The fourth-order valence-electron chi connectivity index (χ4n) is 3.21. The van der Waals surface area contributed by atoms with Gasteiger partial charge in [0.05, 0.1) is 23.4 Å². The van der Waals surface area contributed by atoms with E-state index in [4.69, 9.17) is 4.74 Å². The molecule has 8 nitrogen and oxygen atoms in total. The van der Waals surface area contributed by atoms with Crippen LogP contribution in [0.1, 0.15) is 26.3 Å². The molecule has 1 aromatic carbocycles. The number of hydrogen-bond acceptors (Lipinski definition) is 7. The maximum absolute atomic E-state index is 13.8. The van der Waals surface area contributed by atoms with E-state index in [0.717, 1.165) is 12.0 Å². The molecule has 0 saturated heterocycles.